The fourth-order valence-corrected chi connectivity index (χ4v) is 4.66. The van der Waals surface area contributed by atoms with E-state index < -0.39 is 54.8 Å². The first kappa shape index (κ1) is 27.2. The minimum absolute atomic E-state index is 0.273. The second-order valence-corrected chi connectivity index (χ2v) is 13.1. The third-order valence-corrected chi connectivity index (χ3v) is 5.79. The van der Waals surface area contributed by atoms with E-state index >= 15 is 8.78 Å². The van der Waals surface area contributed by atoms with E-state index in [0.717, 1.165) is 36.5 Å². The molecule has 190 valence electrons. The molecule has 1 aromatic heterocycles. The van der Waals surface area contributed by atoms with Gasteiger partial charge in [0.2, 0.25) is 5.60 Å². The Morgan fingerprint density at radius 2 is 1.47 bits per heavy atom. The van der Waals surface area contributed by atoms with Crippen LogP contribution in [0.2, 0.25) is 19.6 Å². The molecule has 1 atom stereocenters. The maximum atomic E-state index is 15.9. The van der Waals surface area contributed by atoms with Gasteiger partial charge in [0, 0.05) is 23.4 Å². The summed E-state index contributed by atoms with van der Waals surface area (Å²) in [4.78, 5) is 3.75. The Labute approximate surface area is 203 Å². The monoisotopic (exact) mass is 528 g/mol. The normalized spacial score (nSPS) is 14.1. The number of nitriles is 1. The van der Waals surface area contributed by atoms with Crippen LogP contribution in [0.5, 0.6) is 5.75 Å². The molecule has 0 saturated heterocycles. The van der Waals surface area contributed by atoms with Crippen LogP contribution in [0.4, 0.5) is 30.7 Å². The highest BCUT2D eigenvalue weighted by Crippen LogP contribution is 2.49. The number of pyridine rings is 1. The molecule has 1 heterocycles. The molecule has 4 nitrogen and oxygen atoms in total. The van der Waals surface area contributed by atoms with E-state index in [4.69, 9.17) is 4.43 Å². The van der Waals surface area contributed by atoms with Crippen molar-refractivity contribution in [3.8, 4) is 22.9 Å². The number of hydrogen-bond donors (Lipinski definition) is 0. The molecule has 0 aliphatic rings. The number of ether oxygens (including phenoxy) is 1. The molecule has 0 aliphatic heterocycles. The van der Waals surface area contributed by atoms with Gasteiger partial charge in [-0.15, -0.1) is 13.2 Å². The highest BCUT2D eigenvalue weighted by molar-refractivity contribution is 6.69. The van der Waals surface area contributed by atoms with E-state index in [1.54, 1.807) is 0 Å². The van der Waals surface area contributed by atoms with Crippen LogP contribution in [0.25, 0.3) is 11.1 Å². The second-order valence-electron chi connectivity index (χ2n) is 8.71. The van der Waals surface area contributed by atoms with Gasteiger partial charge >= 0.3 is 12.3 Å². The lowest BCUT2D eigenvalue weighted by Crippen LogP contribution is -2.51. The van der Waals surface area contributed by atoms with Crippen molar-refractivity contribution in [1.82, 2.24) is 4.98 Å². The lowest BCUT2D eigenvalue weighted by Gasteiger charge is -2.39. The minimum atomic E-state index is -4.87. The number of alkyl halides is 5. The Bertz CT molecular complexity index is 1270. The highest BCUT2D eigenvalue weighted by atomic mass is 28.4. The number of rotatable bonds is 7. The average molecular weight is 529 g/mol. The van der Waals surface area contributed by atoms with E-state index in [2.05, 4.69) is 9.72 Å². The molecule has 3 aromatic rings. The Kier molecular flexibility index (Phi) is 7.21. The lowest BCUT2D eigenvalue weighted by molar-refractivity contribution is -0.274. The summed E-state index contributed by atoms with van der Waals surface area (Å²) in [5.41, 5.74) is -4.30. The molecule has 1 unspecified atom stereocenters. The van der Waals surface area contributed by atoms with Crippen molar-refractivity contribution < 1.29 is 39.9 Å². The van der Waals surface area contributed by atoms with Crippen LogP contribution in [0, 0.1) is 23.0 Å². The summed E-state index contributed by atoms with van der Waals surface area (Å²) in [5.74, 6) is -7.06. The van der Waals surface area contributed by atoms with Crippen LogP contribution in [0.15, 0.2) is 60.8 Å². The molecule has 0 N–H and O–H groups in total. The highest BCUT2D eigenvalue weighted by Gasteiger charge is 2.61. The average Bonchev–Trinajstić information content (AvgIpc) is 2.76. The predicted octanol–water partition coefficient (Wildman–Crippen LogP) is 7.29. The van der Waals surface area contributed by atoms with Gasteiger partial charge in [-0.2, -0.15) is 14.0 Å². The van der Waals surface area contributed by atoms with Crippen LogP contribution in [0.3, 0.4) is 0 Å². The summed E-state index contributed by atoms with van der Waals surface area (Å²) in [7, 11) is -2.94. The Balaban J connectivity index is 2.04. The smallest absolute Gasteiger partial charge is 0.406 e. The van der Waals surface area contributed by atoms with E-state index in [-0.39, 0.29) is 5.56 Å². The summed E-state index contributed by atoms with van der Waals surface area (Å²) >= 11 is 0. The summed E-state index contributed by atoms with van der Waals surface area (Å²) < 4.78 is 106. The molecule has 0 aliphatic carbocycles. The minimum Gasteiger partial charge on any atom is -0.406 e. The van der Waals surface area contributed by atoms with Gasteiger partial charge in [-0.25, -0.2) is 8.78 Å². The zero-order valence-corrected chi connectivity index (χ0v) is 20.1. The first-order valence-electron chi connectivity index (χ1n) is 10.4. The quantitative estimate of drug-likeness (QED) is 0.239. The van der Waals surface area contributed by atoms with Crippen molar-refractivity contribution in [1.29, 1.82) is 5.26 Å². The topological polar surface area (TPSA) is 55.1 Å². The van der Waals surface area contributed by atoms with E-state index in [1.807, 2.05) is 0 Å². The molecule has 0 spiro atoms. The molecular formula is C24H19F7N2O2Si. The maximum absolute atomic E-state index is 15.9. The molecule has 3 rings (SSSR count). The van der Waals surface area contributed by atoms with Gasteiger partial charge in [0.05, 0.1) is 0 Å². The first-order valence-corrected chi connectivity index (χ1v) is 13.8. The fraction of sp³-hybridized carbons (Fsp3) is 0.250. The van der Waals surface area contributed by atoms with Gasteiger partial charge in [0.1, 0.15) is 29.1 Å². The van der Waals surface area contributed by atoms with Crippen LogP contribution in [0.1, 0.15) is 11.3 Å². The molecule has 12 heteroatoms. The number of hydrogen-bond acceptors (Lipinski definition) is 4. The first-order chi connectivity index (χ1) is 16.6. The van der Waals surface area contributed by atoms with Crippen molar-refractivity contribution in [3.05, 3.63) is 83.7 Å². The molecule has 2 aromatic carbocycles. The van der Waals surface area contributed by atoms with Crippen LogP contribution >= 0.6 is 0 Å². The summed E-state index contributed by atoms with van der Waals surface area (Å²) in [6.45, 7) is 4.58. The molecule has 0 bridgehead atoms. The molecular weight excluding hydrogens is 509 g/mol. The van der Waals surface area contributed by atoms with Crippen LogP contribution in [-0.4, -0.2) is 19.7 Å². The van der Waals surface area contributed by atoms with Gasteiger partial charge in [-0.05, 0) is 55.5 Å². The van der Waals surface area contributed by atoms with E-state index in [0.29, 0.717) is 11.6 Å². The van der Waals surface area contributed by atoms with E-state index in [1.165, 1.54) is 43.9 Å². The van der Waals surface area contributed by atoms with Gasteiger partial charge < -0.3 is 9.16 Å². The third-order valence-electron chi connectivity index (χ3n) is 4.88. The summed E-state index contributed by atoms with van der Waals surface area (Å²) in [5, 5.41) is 9.91. The summed E-state index contributed by atoms with van der Waals surface area (Å²) in [6, 6.07) is 10.0. The van der Waals surface area contributed by atoms with Gasteiger partial charge in [-0.3, -0.25) is 4.98 Å². The van der Waals surface area contributed by atoms with Crippen LogP contribution in [-0.2, 0) is 15.9 Å². The zero-order chi connectivity index (χ0) is 26.9. The second kappa shape index (κ2) is 9.55. The fourth-order valence-electron chi connectivity index (χ4n) is 3.46. The molecule has 36 heavy (non-hydrogen) atoms. The summed E-state index contributed by atoms with van der Waals surface area (Å²) in [6.07, 6.45) is -3.84. The van der Waals surface area contributed by atoms with Crippen molar-refractivity contribution in [2.24, 2.45) is 0 Å². The molecule has 0 amide bonds. The van der Waals surface area contributed by atoms with Crippen LogP contribution < -0.4 is 4.74 Å². The standard InChI is InChI=1S/C24H19F7N2O2Si/c1-36(2,3)35-22(14-32,19-10-7-17(25)12-20(19)26)23(27,28)21-11-6-16(13-33-21)15-4-8-18(9-5-15)34-24(29,30)31/h4-13H,1-3H3. The molecule has 0 radical (unpaired) electrons. The maximum Gasteiger partial charge on any atom is 0.573 e. The van der Waals surface area contributed by atoms with Crippen molar-refractivity contribution >= 4 is 8.32 Å². The van der Waals surface area contributed by atoms with Gasteiger partial charge in [-0.1, -0.05) is 18.2 Å². The number of benzene rings is 2. The number of halogens is 7. The van der Waals surface area contributed by atoms with E-state index in [9.17, 15) is 27.2 Å². The SMILES string of the molecule is C[Si](C)(C)OC(C#N)(c1ccc(F)cc1F)C(F)(F)c1ccc(-c2ccc(OC(F)(F)F)cc2)cn1. The number of aromatic nitrogens is 1. The third kappa shape index (κ3) is 5.68. The Hall–Kier alpha value is -3.43. The van der Waals surface area contributed by atoms with Gasteiger partial charge in [0.15, 0.2) is 8.32 Å². The molecule has 0 fully saturated rings. The Morgan fingerprint density at radius 1 is 0.861 bits per heavy atom. The molecule has 0 saturated carbocycles. The van der Waals surface area contributed by atoms with Crippen molar-refractivity contribution in [2.75, 3.05) is 0 Å². The zero-order valence-electron chi connectivity index (χ0n) is 19.1. The van der Waals surface area contributed by atoms with Crippen molar-refractivity contribution in [2.45, 2.75) is 37.5 Å². The number of nitrogens with zero attached hydrogens (tertiary/aromatic N) is 2. The van der Waals surface area contributed by atoms with Gasteiger partial charge in [0.25, 0.3) is 0 Å². The van der Waals surface area contributed by atoms with Crippen molar-refractivity contribution in [3.63, 3.8) is 0 Å². The largest absolute Gasteiger partial charge is 0.573 e. The predicted molar refractivity (Wildman–Crippen MR) is 118 cm³/mol. The lowest BCUT2D eigenvalue weighted by atomic mass is 9.86. The Morgan fingerprint density at radius 3 is 1.94 bits per heavy atom.